The van der Waals surface area contributed by atoms with E-state index in [0.29, 0.717) is 29.6 Å². The van der Waals surface area contributed by atoms with Crippen molar-refractivity contribution >= 4 is 28.3 Å². The molecule has 6 rings (SSSR count). The van der Waals surface area contributed by atoms with Gasteiger partial charge in [-0.1, -0.05) is 0 Å². The molecule has 3 aromatic rings. The standard InChI is InChI=1S/C29H38N6O2/c1-34-14-2-3-27(34)26-17-21-19-31-28(18-25(21)32-26)33-29(36)20-4-6-22(7-5-20)35-15-10-24(11-16-35)37-23-8-12-30-13-9-23/h4-7,17-19,23-24,27,30,32H,2-3,8-16H2,1H3,(H,31,33,36)/t27-/m1/s1. The van der Waals surface area contributed by atoms with Gasteiger partial charge in [-0.25, -0.2) is 4.98 Å². The van der Waals surface area contributed by atoms with Crippen LogP contribution in [0.4, 0.5) is 11.5 Å². The summed E-state index contributed by atoms with van der Waals surface area (Å²) >= 11 is 0. The van der Waals surface area contributed by atoms with Crippen LogP contribution in [0.25, 0.3) is 10.9 Å². The number of benzene rings is 1. The molecule has 5 heterocycles. The maximum Gasteiger partial charge on any atom is 0.256 e. The Morgan fingerprint density at radius 3 is 2.49 bits per heavy atom. The van der Waals surface area contributed by atoms with Crippen LogP contribution in [0.15, 0.2) is 42.6 Å². The van der Waals surface area contributed by atoms with E-state index < -0.39 is 0 Å². The summed E-state index contributed by atoms with van der Waals surface area (Å²) in [6.07, 6.45) is 9.36. The second-order valence-electron chi connectivity index (χ2n) is 10.8. The van der Waals surface area contributed by atoms with Crippen LogP contribution >= 0.6 is 0 Å². The van der Waals surface area contributed by atoms with Crippen molar-refractivity contribution in [1.82, 2.24) is 20.2 Å². The number of carbonyl (C=O) groups excluding carboxylic acids is 1. The van der Waals surface area contributed by atoms with Gasteiger partial charge in [-0.05, 0) is 95.5 Å². The van der Waals surface area contributed by atoms with Gasteiger partial charge in [-0.3, -0.25) is 9.69 Å². The quantitative estimate of drug-likeness (QED) is 0.466. The maximum absolute atomic E-state index is 12.9. The van der Waals surface area contributed by atoms with Crippen LogP contribution in [-0.4, -0.2) is 72.8 Å². The average molecular weight is 503 g/mol. The van der Waals surface area contributed by atoms with E-state index in [4.69, 9.17) is 4.74 Å². The average Bonchev–Trinajstić information content (AvgIpc) is 3.55. The zero-order valence-electron chi connectivity index (χ0n) is 21.7. The number of piperidine rings is 2. The number of H-pyrrole nitrogens is 1. The number of nitrogens with one attached hydrogen (secondary N) is 3. The summed E-state index contributed by atoms with van der Waals surface area (Å²) in [5.74, 6) is 0.417. The molecule has 0 bridgehead atoms. The minimum absolute atomic E-state index is 0.144. The first-order valence-electron chi connectivity index (χ1n) is 13.8. The fourth-order valence-corrected chi connectivity index (χ4v) is 6.07. The van der Waals surface area contributed by atoms with E-state index in [1.54, 1.807) is 0 Å². The van der Waals surface area contributed by atoms with Gasteiger partial charge < -0.3 is 25.3 Å². The molecule has 3 aliphatic heterocycles. The molecule has 8 heteroatoms. The highest BCUT2D eigenvalue weighted by Crippen LogP contribution is 2.32. The second kappa shape index (κ2) is 10.8. The number of amides is 1. The molecule has 1 aromatic carbocycles. The van der Waals surface area contributed by atoms with Gasteiger partial charge in [0.25, 0.3) is 5.91 Å². The molecular formula is C29H38N6O2. The Morgan fingerprint density at radius 1 is 1.00 bits per heavy atom. The molecule has 8 nitrogen and oxygen atoms in total. The molecule has 1 amide bonds. The van der Waals surface area contributed by atoms with Crippen LogP contribution in [0.2, 0.25) is 0 Å². The van der Waals surface area contributed by atoms with Crippen LogP contribution in [0, 0.1) is 0 Å². The number of rotatable bonds is 6. The first-order chi connectivity index (χ1) is 18.1. The molecule has 0 aliphatic carbocycles. The lowest BCUT2D eigenvalue weighted by molar-refractivity contribution is -0.0363. The summed E-state index contributed by atoms with van der Waals surface area (Å²) < 4.78 is 6.35. The second-order valence-corrected chi connectivity index (χ2v) is 10.8. The molecule has 37 heavy (non-hydrogen) atoms. The maximum atomic E-state index is 12.9. The molecule has 3 fully saturated rings. The number of carbonyl (C=O) groups is 1. The molecule has 3 aliphatic rings. The third kappa shape index (κ3) is 5.51. The van der Waals surface area contributed by atoms with Gasteiger partial charge in [0.05, 0.1) is 17.7 Å². The summed E-state index contributed by atoms with van der Waals surface area (Å²) in [4.78, 5) is 25.7. The van der Waals surface area contributed by atoms with Crippen molar-refractivity contribution in [3.05, 3.63) is 53.9 Å². The normalized spacial score (nSPS) is 22.1. The summed E-state index contributed by atoms with van der Waals surface area (Å²) in [7, 11) is 2.17. The number of ether oxygens (including phenoxy) is 1. The molecule has 1 atom stereocenters. The minimum atomic E-state index is -0.144. The first kappa shape index (κ1) is 24.4. The summed E-state index contributed by atoms with van der Waals surface area (Å²) in [5, 5.41) is 7.44. The predicted molar refractivity (Wildman–Crippen MR) is 147 cm³/mol. The van der Waals surface area contributed by atoms with Gasteiger partial charge in [0.2, 0.25) is 0 Å². The van der Waals surface area contributed by atoms with Crippen molar-refractivity contribution in [2.75, 3.05) is 50.0 Å². The lowest BCUT2D eigenvalue weighted by Crippen LogP contribution is -2.40. The summed E-state index contributed by atoms with van der Waals surface area (Å²) in [6.45, 7) is 5.24. The van der Waals surface area contributed by atoms with E-state index in [0.717, 1.165) is 75.0 Å². The first-order valence-corrected chi connectivity index (χ1v) is 13.8. The van der Waals surface area contributed by atoms with E-state index in [2.05, 4.69) is 55.6 Å². The SMILES string of the molecule is CN1CCC[C@@H]1c1cc2cnc(NC(=O)c3ccc(N4CCC(OC5CCNCC5)CC4)cc3)cc2[nH]1. The lowest BCUT2D eigenvalue weighted by Gasteiger charge is -2.36. The van der Waals surface area contributed by atoms with Crippen molar-refractivity contribution in [2.45, 2.75) is 56.8 Å². The number of hydrogen-bond donors (Lipinski definition) is 3. The smallest absolute Gasteiger partial charge is 0.256 e. The highest BCUT2D eigenvalue weighted by atomic mass is 16.5. The number of aromatic amines is 1. The van der Waals surface area contributed by atoms with Crippen molar-refractivity contribution in [1.29, 1.82) is 0 Å². The third-order valence-electron chi connectivity index (χ3n) is 8.25. The number of likely N-dealkylation sites (tertiary alicyclic amines) is 1. The van der Waals surface area contributed by atoms with E-state index in [1.165, 1.54) is 18.5 Å². The van der Waals surface area contributed by atoms with Gasteiger partial charge in [-0.2, -0.15) is 0 Å². The molecule has 0 radical (unpaired) electrons. The number of anilines is 2. The highest BCUT2D eigenvalue weighted by Gasteiger charge is 2.25. The molecular weight excluding hydrogens is 464 g/mol. The largest absolute Gasteiger partial charge is 0.375 e. The van der Waals surface area contributed by atoms with Crippen molar-refractivity contribution in [3.8, 4) is 0 Å². The zero-order valence-corrected chi connectivity index (χ0v) is 21.7. The Morgan fingerprint density at radius 2 is 1.76 bits per heavy atom. The van der Waals surface area contributed by atoms with Gasteiger partial charge in [0.15, 0.2) is 0 Å². The van der Waals surface area contributed by atoms with E-state index in [1.807, 2.05) is 24.4 Å². The fourth-order valence-electron chi connectivity index (χ4n) is 6.07. The molecule has 3 N–H and O–H groups in total. The Labute approximate surface area is 218 Å². The van der Waals surface area contributed by atoms with Crippen LogP contribution in [0.1, 0.15) is 60.6 Å². The Balaban J connectivity index is 1.04. The molecule has 0 unspecified atom stereocenters. The third-order valence-corrected chi connectivity index (χ3v) is 8.25. The zero-order chi connectivity index (χ0) is 25.2. The van der Waals surface area contributed by atoms with Gasteiger partial charge in [0.1, 0.15) is 5.82 Å². The number of pyridine rings is 1. The van der Waals surface area contributed by atoms with E-state index in [-0.39, 0.29) is 5.91 Å². The molecule has 0 spiro atoms. The Bertz CT molecular complexity index is 1210. The molecule has 196 valence electrons. The minimum Gasteiger partial charge on any atom is -0.375 e. The van der Waals surface area contributed by atoms with Crippen molar-refractivity contribution in [3.63, 3.8) is 0 Å². The van der Waals surface area contributed by atoms with Gasteiger partial charge in [0, 0.05) is 53.7 Å². The van der Waals surface area contributed by atoms with Crippen molar-refractivity contribution in [2.24, 2.45) is 0 Å². The number of nitrogens with zero attached hydrogens (tertiary/aromatic N) is 3. The van der Waals surface area contributed by atoms with Crippen LogP contribution in [0.3, 0.4) is 0 Å². The van der Waals surface area contributed by atoms with Gasteiger partial charge in [-0.15, -0.1) is 0 Å². The lowest BCUT2D eigenvalue weighted by atomic mass is 10.0. The topological polar surface area (TPSA) is 85.5 Å². The highest BCUT2D eigenvalue weighted by molar-refractivity contribution is 6.04. The molecule has 0 saturated carbocycles. The summed E-state index contributed by atoms with van der Waals surface area (Å²) in [6, 6.07) is 12.4. The van der Waals surface area contributed by atoms with Crippen LogP contribution in [0.5, 0.6) is 0 Å². The van der Waals surface area contributed by atoms with Crippen LogP contribution < -0.4 is 15.5 Å². The number of hydrogen-bond acceptors (Lipinski definition) is 6. The molecule has 3 saturated heterocycles. The monoisotopic (exact) mass is 502 g/mol. The number of aromatic nitrogens is 2. The molecule has 2 aromatic heterocycles. The van der Waals surface area contributed by atoms with E-state index >= 15 is 0 Å². The van der Waals surface area contributed by atoms with Crippen LogP contribution in [-0.2, 0) is 4.74 Å². The number of fused-ring (bicyclic) bond motifs is 1. The predicted octanol–water partition coefficient (Wildman–Crippen LogP) is 4.32. The Kier molecular flexibility index (Phi) is 7.13. The van der Waals surface area contributed by atoms with Crippen molar-refractivity contribution < 1.29 is 9.53 Å². The van der Waals surface area contributed by atoms with Gasteiger partial charge >= 0.3 is 0 Å². The van der Waals surface area contributed by atoms with E-state index in [9.17, 15) is 4.79 Å². The Hall–Kier alpha value is -2.94. The fraction of sp³-hybridized carbons (Fsp3) is 0.517. The summed E-state index contributed by atoms with van der Waals surface area (Å²) in [5.41, 5.74) is 4.02.